The van der Waals surface area contributed by atoms with E-state index in [4.69, 9.17) is 9.47 Å². The van der Waals surface area contributed by atoms with Crippen molar-refractivity contribution >= 4 is 58.2 Å². The number of rotatable bonds is 9. The first-order valence-corrected chi connectivity index (χ1v) is 16.7. The number of nitrogens with zero attached hydrogens (tertiary/aromatic N) is 2. The van der Waals surface area contributed by atoms with Gasteiger partial charge in [0.1, 0.15) is 11.8 Å². The average molecular weight is 674 g/mol. The molecule has 0 spiro atoms. The van der Waals surface area contributed by atoms with Crippen LogP contribution in [0.25, 0.3) is 0 Å². The van der Waals surface area contributed by atoms with Crippen LogP contribution in [0.3, 0.4) is 0 Å². The molecule has 0 radical (unpaired) electrons. The number of aryl methyl sites for hydroxylation is 1. The van der Waals surface area contributed by atoms with Gasteiger partial charge >= 0.3 is 10.8 Å². The van der Waals surface area contributed by atoms with E-state index in [1.165, 1.54) is 34.9 Å². The van der Waals surface area contributed by atoms with Crippen molar-refractivity contribution in [2.75, 3.05) is 23.4 Å². The molecule has 2 N–H and O–H groups in total. The number of hydrogen-bond acceptors (Lipinski definition) is 10. The number of imide groups is 1. The van der Waals surface area contributed by atoms with Gasteiger partial charge in [-0.1, -0.05) is 46.9 Å². The summed E-state index contributed by atoms with van der Waals surface area (Å²) in [7, 11) is 0. The van der Waals surface area contributed by atoms with Crippen LogP contribution >= 0.6 is 23.1 Å². The summed E-state index contributed by atoms with van der Waals surface area (Å²) < 4.78 is 12.0. The van der Waals surface area contributed by atoms with E-state index in [1.54, 1.807) is 38.1 Å². The van der Waals surface area contributed by atoms with Crippen LogP contribution in [0, 0.1) is 12.8 Å². The third-order valence-electron chi connectivity index (χ3n) is 7.97. The number of aromatic nitrogens is 1. The molecule has 1 saturated heterocycles. The number of thiazole rings is 1. The topological polar surface area (TPSA) is 144 Å². The molecule has 242 valence electrons. The molecule has 2 aliphatic heterocycles. The standard InChI is InChI=1S/C34H31N3O8S2/c1-4-44-24-16-20(10-15-23(24)38)26-27-28(31(41)37(30(27)40)22-13-8-19(9-14-22)33(42)45-5-2)46-32-29(26)47-34(43)36(32)17-25(39)35-21-11-6-18(3)7-12-21/h6-16,26-28,38H,4-5,17H2,1-3H3,(H,35,39)/t26-,27+,28-/m0/s1. The van der Waals surface area contributed by atoms with Crippen LogP contribution < -0.4 is 19.8 Å². The molecule has 11 nitrogen and oxygen atoms in total. The molecule has 6 rings (SSSR count). The Morgan fingerprint density at radius 1 is 0.936 bits per heavy atom. The summed E-state index contributed by atoms with van der Waals surface area (Å²) >= 11 is 2.02. The number of phenolic OH excluding ortho intramolecular Hbond substituents is 1. The number of hydrogen-bond donors (Lipinski definition) is 2. The zero-order chi connectivity index (χ0) is 33.4. The van der Waals surface area contributed by atoms with Gasteiger partial charge in [-0.2, -0.15) is 0 Å². The lowest BCUT2D eigenvalue weighted by Gasteiger charge is -2.31. The third-order valence-corrected chi connectivity index (χ3v) is 10.6. The van der Waals surface area contributed by atoms with Crippen LogP contribution in [0.1, 0.15) is 46.1 Å². The van der Waals surface area contributed by atoms with E-state index in [9.17, 15) is 29.1 Å². The minimum atomic E-state index is -0.922. The number of phenols is 1. The van der Waals surface area contributed by atoms with Crippen LogP contribution in [-0.4, -0.2) is 51.8 Å². The maximum atomic E-state index is 14.2. The fourth-order valence-corrected chi connectivity index (χ4v) is 8.58. The predicted octanol–water partition coefficient (Wildman–Crippen LogP) is 4.93. The monoisotopic (exact) mass is 673 g/mol. The molecule has 0 unspecified atom stereocenters. The minimum Gasteiger partial charge on any atom is -0.504 e. The second kappa shape index (κ2) is 13.1. The van der Waals surface area contributed by atoms with Gasteiger partial charge in [-0.3, -0.25) is 23.7 Å². The summed E-state index contributed by atoms with van der Waals surface area (Å²) in [6.45, 7) is 5.60. The fourth-order valence-electron chi connectivity index (χ4n) is 5.81. The Morgan fingerprint density at radius 2 is 1.66 bits per heavy atom. The zero-order valence-corrected chi connectivity index (χ0v) is 27.4. The lowest BCUT2D eigenvalue weighted by molar-refractivity contribution is -0.122. The average Bonchev–Trinajstić information content (AvgIpc) is 3.49. The number of benzene rings is 3. The molecule has 1 fully saturated rings. The van der Waals surface area contributed by atoms with Gasteiger partial charge in [0, 0.05) is 16.5 Å². The number of esters is 1. The van der Waals surface area contributed by atoms with Crippen molar-refractivity contribution in [3.05, 3.63) is 98.0 Å². The lowest BCUT2D eigenvalue weighted by Crippen LogP contribution is -2.33. The molecule has 0 bridgehead atoms. The number of amides is 3. The summed E-state index contributed by atoms with van der Waals surface area (Å²) in [6.07, 6.45) is 0. The van der Waals surface area contributed by atoms with Gasteiger partial charge in [-0.25, -0.2) is 9.69 Å². The number of anilines is 2. The molecule has 0 saturated carbocycles. The van der Waals surface area contributed by atoms with Crippen molar-refractivity contribution in [1.29, 1.82) is 0 Å². The number of carbonyl (C=O) groups excluding carboxylic acids is 4. The van der Waals surface area contributed by atoms with Gasteiger partial charge in [-0.05, 0) is 74.9 Å². The Bertz CT molecular complexity index is 1930. The van der Waals surface area contributed by atoms with Crippen molar-refractivity contribution in [3.63, 3.8) is 0 Å². The largest absolute Gasteiger partial charge is 0.504 e. The van der Waals surface area contributed by atoms with Crippen molar-refractivity contribution in [1.82, 2.24) is 4.57 Å². The molecule has 0 aliphatic carbocycles. The van der Waals surface area contributed by atoms with Crippen molar-refractivity contribution < 1.29 is 33.8 Å². The van der Waals surface area contributed by atoms with E-state index in [0.29, 0.717) is 26.8 Å². The molecule has 3 heterocycles. The first-order chi connectivity index (χ1) is 22.6. The Labute approximate surface area is 278 Å². The van der Waals surface area contributed by atoms with E-state index in [2.05, 4.69) is 5.32 Å². The van der Waals surface area contributed by atoms with Gasteiger partial charge in [0.25, 0.3) is 0 Å². The quantitative estimate of drug-likeness (QED) is 0.187. The molecular weight excluding hydrogens is 643 g/mol. The van der Waals surface area contributed by atoms with Crippen LogP contribution in [0.5, 0.6) is 11.5 Å². The van der Waals surface area contributed by atoms with E-state index in [1.807, 2.05) is 19.1 Å². The highest BCUT2D eigenvalue weighted by molar-refractivity contribution is 8.00. The number of carbonyl (C=O) groups is 4. The number of fused-ring (bicyclic) bond motifs is 2. The maximum Gasteiger partial charge on any atom is 0.338 e. The Kier molecular flexibility index (Phi) is 8.93. The molecule has 3 atom stereocenters. The van der Waals surface area contributed by atoms with Crippen molar-refractivity contribution in [2.24, 2.45) is 5.92 Å². The number of thioether (sulfide) groups is 1. The smallest absolute Gasteiger partial charge is 0.338 e. The highest BCUT2D eigenvalue weighted by atomic mass is 32.2. The van der Waals surface area contributed by atoms with Crippen LogP contribution in [-0.2, 0) is 25.7 Å². The van der Waals surface area contributed by atoms with Crippen LogP contribution in [0.2, 0.25) is 0 Å². The first kappa shape index (κ1) is 32.1. The summed E-state index contributed by atoms with van der Waals surface area (Å²) in [5.74, 6) is -3.44. The number of nitrogens with one attached hydrogen (secondary N) is 1. The van der Waals surface area contributed by atoms with E-state index < -0.39 is 45.6 Å². The molecule has 2 aliphatic rings. The molecule has 3 aromatic carbocycles. The maximum absolute atomic E-state index is 14.2. The van der Waals surface area contributed by atoms with Crippen LogP contribution in [0.4, 0.5) is 11.4 Å². The predicted molar refractivity (Wildman–Crippen MR) is 178 cm³/mol. The molecular formula is C34H31N3O8S2. The molecule has 4 aromatic rings. The van der Waals surface area contributed by atoms with Gasteiger partial charge in [0.2, 0.25) is 17.7 Å². The second-order valence-corrected chi connectivity index (χ2v) is 13.1. The fraction of sp³-hybridized carbons (Fsp3) is 0.265. The molecule has 13 heteroatoms. The number of aromatic hydroxyl groups is 1. The Balaban J connectivity index is 1.40. The Morgan fingerprint density at radius 3 is 2.34 bits per heavy atom. The van der Waals surface area contributed by atoms with Gasteiger partial charge in [0.15, 0.2) is 11.5 Å². The number of ether oxygens (including phenoxy) is 2. The highest BCUT2D eigenvalue weighted by Gasteiger charge is 2.57. The second-order valence-electron chi connectivity index (χ2n) is 11.0. The van der Waals surface area contributed by atoms with E-state index in [-0.39, 0.29) is 36.8 Å². The minimum absolute atomic E-state index is 0.0896. The Hall–Kier alpha value is -4.88. The van der Waals surface area contributed by atoms with E-state index in [0.717, 1.165) is 33.6 Å². The molecule has 47 heavy (non-hydrogen) atoms. The SMILES string of the molecule is CCOC(=O)c1ccc(N2C(=O)[C@@H]3[C@H](c4ccc(O)c(OCC)c4)c4sc(=O)n(CC(=O)Nc5ccc(C)cc5)c4S[C@@H]3C2=O)cc1. The lowest BCUT2D eigenvalue weighted by atomic mass is 9.83. The zero-order valence-electron chi connectivity index (χ0n) is 25.7. The third kappa shape index (κ3) is 6.03. The van der Waals surface area contributed by atoms with Crippen molar-refractivity contribution in [3.8, 4) is 11.5 Å². The molecule has 1 aromatic heterocycles. The highest BCUT2D eigenvalue weighted by Crippen LogP contribution is 2.54. The van der Waals surface area contributed by atoms with E-state index >= 15 is 0 Å². The van der Waals surface area contributed by atoms with Gasteiger partial charge in [-0.15, -0.1) is 0 Å². The first-order valence-electron chi connectivity index (χ1n) is 15.0. The summed E-state index contributed by atoms with van der Waals surface area (Å²) in [5, 5.41) is 12.7. The van der Waals surface area contributed by atoms with Gasteiger partial charge < -0.3 is 19.9 Å². The summed E-state index contributed by atoms with van der Waals surface area (Å²) in [6, 6.07) is 18.0. The van der Waals surface area contributed by atoms with Gasteiger partial charge in [0.05, 0.1) is 35.4 Å². The summed E-state index contributed by atoms with van der Waals surface area (Å²) in [5.41, 5.74) is 2.75. The van der Waals surface area contributed by atoms with Crippen molar-refractivity contribution in [2.45, 2.75) is 43.5 Å². The van der Waals surface area contributed by atoms with Crippen LogP contribution in [0.15, 0.2) is 76.6 Å². The normalized spacial score (nSPS) is 18.4. The summed E-state index contributed by atoms with van der Waals surface area (Å²) in [4.78, 5) is 68.3. The molecule has 3 amide bonds.